The zero-order chi connectivity index (χ0) is 15.9. The second-order valence-electron chi connectivity index (χ2n) is 5.51. The second-order valence-corrected chi connectivity index (χ2v) is 5.51. The van der Waals surface area contributed by atoms with Gasteiger partial charge in [-0.05, 0) is 19.4 Å². The topological polar surface area (TPSA) is 65.8 Å². The summed E-state index contributed by atoms with van der Waals surface area (Å²) in [6, 6.07) is 0. The van der Waals surface area contributed by atoms with Crippen LogP contribution in [-0.2, 0) is 11.3 Å². The van der Waals surface area contributed by atoms with E-state index in [1.807, 2.05) is 28.9 Å². The minimum atomic E-state index is 0. The van der Waals surface area contributed by atoms with Crippen LogP contribution < -0.4 is 5.32 Å². The summed E-state index contributed by atoms with van der Waals surface area (Å²) in [6.07, 6.45) is 3.88. The van der Waals surface area contributed by atoms with Gasteiger partial charge in [0, 0.05) is 45.8 Å². The Morgan fingerprint density at radius 3 is 2.48 bits per heavy atom. The lowest BCUT2D eigenvalue weighted by molar-refractivity contribution is -0.130. The fourth-order valence-corrected chi connectivity index (χ4v) is 2.51. The van der Waals surface area contributed by atoms with Crippen LogP contribution in [0.1, 0.15) is 19.4 Å². The molecule has 1 fully saturated rings. The van der Waals surface area contributed by atoms with Gasteiger partial charge in [0.05, 0.1) is 19.3 Å². The first-order chi connectivity index (χ1) is 10.6. The molecule has 0 atom stereocenters. The number of carbonyl (C=O) groups is 1. The molecule has 2 rings (SSSR count). The van der Waals surface area contributed by atoms with Crippen molar-refractivity contribution in [3.05, 3.63) is 18.0 Å². The molecular weight excluding hydrogens is 407 g/mol. The van der Waals surface area contributed by atoms with Crippen molar-refractivity contribution < 1.29 is 4.79 Å². The van der Waals surface area contributed by atoms with Gasteiger partial charge in [-0.2, -0.15) is 5.10 Å². The fourth-order valence-electron chi connectivity index (χ4n) is 2.51. The summed E-state index contributed by atoms with van der Waals surface area (Å²) in [7, 11) is 0. The standard InChI is InChI=1S/C15H26N6O.HI/c1-4-16-15(17-5-6-21-12-13(2)11-18-21)20-9-7-19(8-10-20)14(3)22;/h11-12H,4-10H2,1-3H3,(H,16,17);1H. The lowest BCUT2D eigenvalue weighted by atomic mass is 10.3. The van der Waals surface area contributed by atoms with Gasteiger partial charge < -0.3 is 15.1 Å². The molecule has 0 aliphatic carbocycles. The van der Waals surface area contributed by atoms with Crippen molar-refractivity contribution in [1.29, 1.82) is 0 Å². The predicted octanol–water partition coefficient (Wildman–Crippen LogP) is 0.939. The van der Waals surface area contributed by atoms with E-state index in [-0.39, 0.29) is 29.9 Å². The summed E-state index contributed by atoms with van der Waals surface area (Å²) >= 11 is 0. The molecule has 0 aromatic carbocycles. The van der Waals surface area contributed by atoms with Crippen molar-refractivity contribution in [2.45, 2.75) is 27.3 Å². The van der Waals surface area contributed by atoms with Gasteiger partial charge in [-0.15, -0.1) is 24.0 Å². The van der Waals surface area contributed by atoms with Gasteiger partial charge in [0.1, 0.15) is 0 Å². The molecule has 7 nitrogen and oxygen atoms in total. The Bertz CT molecular complexity index is 522. The maximum atomic E-state index is 11.4. The Hall–Kier alpha value is -1.32. The van der Waals surface area contributed by atoms with Crippen LogP contribution >= 0.6 is 24.0 Å². The number of amides is 1. The Morgan fingerprint density at radius 2 is 1.96 bits per heavy atom. The van der Waals surface area contributed by atoms with E-state index in [2.05, 4.69) is 27.2 Å². The first-order valence-electron chi connectivity index (χ1n) is 7.88. The molecule has 1 aromatic heterocycles. The lowest BCUT2D eigenvalue weighted by Gasteiger charge is -2.36. The summed E-state index contributed by atoms with van der Waals surface area (Å²) in [4.78, 5) is 20.2. The Kier molecular flexibility index (Phi) is 8.35. The highest BCUT2D eigenvalue weighted by atomic mass is 127. The largest absolute Gasteiger partial charge is 0.357 e. The van der Waals surface area contributed by atoms with E-state index in [0.29, 0.717) is 6.54 Å². The number of rotatable bonds is 4. The average Bonchev–Trinajstić information content (AvgIpc) is 2.92. The molecular formula is C15H27IN6O. The number of hydrogen-bond acceptors (Lipinski definition) is 3. The zero-order valence-electron chi connectivity index (χ0n) is 14.2. The van der Waals surface area contributed by atoms with Gasteiger partial charge in [-0.3, -0.25) is 14.5 Å². The number of piperazine rings is 1. The van der Waals surface area contributed by atoms with Crippen molar-refractivity contribution in [2.75, 3.05) is 39.3 Å². The van der Waals surface area contributed by atoms with Crippen molar-refractivity contribution in [1.82, 2.24) is 24.9 Å². The molecule has 0 saturated carbocycles. The number of nitrogens with one attached hydrogen (secondary N) is 1. The Balaban J connectivity index is 0.00000264. The summed E-state index contributed by atoms with van der Waals surface area (Å²) in [5, 5.41) is 7.60. The summed E-state index contributed by atoms with van der Waals surface area (Å²) < 4.78 is 1.91. The molecule has 0 radical (unpaired) electrons. The molecule has 130 valence electrons. The van der Waals surface area contributed by atoms with E-state index in [0.717, 1.165) is 50.8 Å². The number of carbonyl (C=O) groups excluding carboxylic acids is 1. The van der Waals surface area contributed by atoms with Crippen LogP contribution in [0.3, 0.4) is 0 Å². The van der Waals surface area contributed by atoms with Crippen molar-refractivity contribution in [3.8, 4) is 0 Å². The van der Waals surface area contributed by atoms with Gasteiger partial charge >= 0.3 is 0 Å². The first-order valence-corrected chi connectivity index (χ1v) is 7.88. The fraction of sp³-hybridized carbons (Fsp3) is 0.667. The minimum Gasteiger partial charge on any atom is -0.357 e. The SMILES string of the molecule is CCNC(=NCCn1cc(C)cn1)N1CCN(C(C)=O)CC1.I. The molecule has 23 heavy (non-hydrogen) atoms. The van der Waals surface area contributed by atoms with Gasteiger partial charge in [0.2, 0.25) is 5.91 Å². The molecule has 1 amide bonds. The molecule has 0 spiro atoms. The van der Waals surface area contributed by atoms with Crippen LogP contribution in [-0.4, -0.2) is 70.7 Å². The number of nitrogens with zero attached hydrogens (tertiary/aromatic N) is 5. The number of aryl methyl sites for hydroxylation is 1. The van der Waals surface area contributed by atoms with Crippen LogP contribution in [0.2, 0.25) is 0 Å². The third-order valence-electron chi connectivity index (χ3n) is 3.71. The van der Waals surface area contributed by atoms with Crippen LogP contribution in [0.15, 0.2) is 17.4 Å². The number of aromatic nitrogens is 2. The summed E-state index contributed by atoms with van der Waals surface area (Å²) in [5.41, 5.74) is 1.16. The minimum absolute atomic E-state index is 0. The van der Waals surface area contributed by atoms with Crippen LogP contribution in [0.5, 0.6) is 0 Å². The highest BCUT2D eigenvalue weighted by Gasteiger charge is 2.20. The first kappa shape index (κ1) is 19.7. The highest BCUT2D eigenvalue weighted by molar-refractivity contribution is 14.0. The third kappa shape index (κ3) is 6.00. The smallest absolute Gasteiger partial charge is 0.219 e. The highest BCUT2D eigenvalue weighted by Crippen LogP contribution is 2.03. The third-order valence-corrected chi connectivity index (χ3v) is 3.71. The predicted molar refractivity (Wildman–Crippen MR) is 102 cm³/mol. The van der Waals surface area contributed by atoms with Crippen molar-refractivity contribution >= 4 is 35.8 Å². The van der Waals surface area contributed by atoms with Crippen LogP contribution in [0, 0.1) is 6.92 Å². The summed E-state index contributed by atoms with van der Waals surface area (Å²) in [6.45, 7) is 11.2. The molecule has 8 heteroatoms. The van der Waals surface area contributed by atoms with E-state index >= 15 is 0 Å². The average molecular weight is 434 g/mol. The number of guanidine groups is 1. The molecule has 1 aliphatic rings. The molecule has 1 aliphatic heterocycles. The molecule has 1 saturated heterocycles. The van der Waals surface area contributed by atoms with Crippen molar-refractivity contribution in [3.63, 3.8) is 0 Å². The zero-order valence-corrected chi connectivity index (χ0v) is 16.5. The number of aliphatic imine (C=N–C) groups is 1. The van der Waals surface area contributed by atoms with E-state index < -0.39 is 0 Å². The molecule has 1 aromatic rings. The van der Waals surface area contributed by atoms with Crippen LogP contribution in [0.25, 0.3) is 0 Å². The van der Waals surface area contributed by atoms with E-state index in [1.165, 1.54) is 0 Å². The Labute approximate surface area is 155 Å². The normalized spacial score (nSPS) is 15.3. The quantitative estimate of drug-likeness (QED) is 0.435. The molecule has 0 bridgehead atoms. The maximum absolute atomic E-state index is 11.4. The van der Waals surface area contributed by atoms with E-state index in [4.69, 9.17) is 0 Å². The maximum Gasteiger partial charge on any atom is 0.219 e. The van der Waals surface area contributed by atoms with Gasteiger partial charge in [0.15, 0.2) is 5.96 Å². The van der Waals surface area contributed by atoms with Crippen LogP contribution in [0.4, 0.5) is 0 Å². The van der Waals surface area contributed by atoms with Gasteiger partial charge in [-0.25, -0.2) is 0 Å². The molecule has 2 heterocycles. The number of halogens is 1. The van der Waals surface area contributed by atoms with Crippen molar-refractivity contribution in [2.24, 2.45) is 4.99 Å². The monoisotopic (exact) mass is 434 g/mol. The van der Waals surface area contributed by atoms with E-state index in [9.17, 15) is 4.79 Å². The molecule has 1 N–H and O–H groups in total. The van der Waals surface area contributed by atoms with E-state index in [1.54, 1.807) is 6.92 Å². The lowest BCUT2D eigenvalue weighted by Crippen LogP contribution is -2.53. The van der Waals surface area contributed by atoms with Gasteiger partial charge in [0.25, 0.3) is 0 Å². The summed E-state index contributed by atoms with van der Waals surface area (Å²) in [5.74, 6) is 1.07. The second kappa shape index (κ2) is 9.74. The number of hydrogen-bond donors (Lipinski definition) is 1. The molecule has 0 unspecified atom stereocenters. The van der Waals surface area contributed by atoms with Gasteiger partial charge in [-0.1, -0.05) is 0 Å². The Morgan fingerprint density at radius 1 is 1.30 bits per heavy atom.